The molecule has 2 N–H and O–H groups in total. The zero-order valence-electron chi connectivity index (χ0n) is 12.9. The molecule has 22 heavy (non-hydrogen) atoms. The van der Waals surface area contributed by atoms with Gasteiger partial charge in [0.15, 0.2) is 11.5 Å². The number of hydrogen-bond acceptors (Lipinski definition) is 5. The summed E-state index contributed by atoms with van der Waals surface area (Å²) in [6, 6.07) is 8.86. The van der Waals surface area contributed by atoms with Gasteiger partial charge in [-0.15, -0.1) is 11.3 Å². The Morgan fingerprint density at radius 2 is 2.09 bits per heavy atom. The maximum atomic E-state index is 12.1. The summed E-state index contributed by atoms with van der Waals surface area (Å²) in [6.45, 7) is 1.42. The zero-order valence-corrected chi connectivity index (χ0v) is 13.7. The van der Waals surface area contributed by atoms with Crippen LogP contribution < -0.4 is 10.1 Å². The number of benzene rings is 1. The molecule has 118 valence electrons. The Hall–Kier alpha value is -2.05. The van der Waals surface area contributed by atoms with Gasteiger partial charge in [0, 0.05) is 18.0 Å². The predicted molar refractivity (Wildman–Crippen MR) is 88.9 cm³/mol. The SMILES string of the molecule is COc1cc(-c2ccc(C(=O)NCCN(C)C)s2)ccc1O. The first kappa shape index (κ1) is 16.3. The summed E-state index contributed by atoms with van der Waals surface area (Å²) in [4.78, 5) is 15.7. The van der Waals surface area contributed by atoms with Crippen molar-refractivity contribution in [3.8, 4) is 21.9 Å². The van der Waals surface area contributed by atoms with Gasteiger partial charge in [0.05, 0.1) is 12.0 Å². The highest BCUT2D eigenvalue weighted by atomic mass is 32.1. The third kappa shape index (κ3) is 3.99. The average molecular weight is 320 g/mol. The number of rotatable bonds is 6. The summed E-state index contributed by atoms with van der Waals surface area (Å²) in [7, 11) is 5.44. The van der Waals surface area contributed by atoms with Crippen molar-refractivity contribution in [2.24, 2.45) is 0 Å². The van der Waals surface area contributed by atoms with Crippen LogP contribution in [0.2, 0.25) is 0 Å². The van der Waals surface area contributed by atoms with Gasteiger partial charge in [-0.1, -0.05) is 0 Å². The molecule has 0 bridgehead atoms. The quantitative estimate of drug-likeness (QED) is 0.858. The van der Waals surface area contributed by atoms with Crippen molar-refractivity contribution in [1.82, 2.24) is 10.2 Å². The van der Waals surface area contributed by atoms with Crippen molar-refractivity contribution < 1.29 is 14.6 Å². The van der Waals surface area contributed by atoms with Crippen molar-refractivity contribution in [2.45, 2.75) is 0 Å². The minimum absolute atomic E-state index is 0.0659. The second kappa shape index (κ2) is 7.29. The molecule has 2 aromatic rings. The fourth-order valence-electron chi connectivity index (χ4n) is 1.93. The van der Waals surface area contributed by atoms with E-state index in [-0.39, 0.29) is 11.7 Å². The Morgan fingerprint density at radius 1 is 1.32 bits per heavy atom. The standard InChI is InChI=1S/C16H20N2O3S/c1-18(2)9-8-17-16(20)15-7-6-14(22-15)11-4-5-12(19)13(10-11)21-3/h4-7,10,19H,8-9H2,1-3H3,(H,17,20). The van der Waals surface area contributed by atoms with E-state index in [4.69, 9.17) is 4.74 Å². The molecule has 1 amide bonds. The lowest BCUT2D eigenvalue weighted by Crippen LogP contribution is -2.30. The Morgan fingerprint density at radius 3 is 2.77 bits per heavy atom. The molecule has 0 radical (unpaired) electrons. The fraction of sp³-hybridized carbons (Fsp3) is 0.312. The summed E-state index contributed by atoms with van der Waals surface area (Å²) in [5.41, 5.74) is 0.909. The molecule has 0 aliphatic rings. The largest absolute Gasteiger partial charge is 0.504 e. The van der Waals surface area contributed by atoms with Crippen LogP contribution in [0.1, 0.15) is 9.67 Å². The average Bonchev–Trinajstić information content (AvgIpc) is 2.97. The predicted octanol–water partition coefficient (Wildman–Crippen LogP) is 2.42. The van der Waals surface area contributed by atoms with Crippen LogP contribution in [0.3, 0.4) is 0 Å². The monoisotopic (exact) mass is 320 g/mol. The molecule has 2 rings (SSSR count). The molecule has 6 heteroatoms. The van der Waals surface area contributed by atoms with Crippen LogP contribution in [0, 0.1) is 0 Å². The number of nitrogens with one attached hydrogen (secondary N) is 1. The normalized spacial score (nSPS) is 10.7. The van der Waals surface area contributed by atoms with Gasteiger partial charge >= 0.3 is 0 Å². The molecular weight excluding hydrogens is 300 g/mol. The van der Waals surface area contributed by atoms with Gasteiger partial charge in [-0.2, -0.15) is 0 Å². The Labute approximate surface area is 134 Å². The number of aromatic hydroxyl groups is 1. The van der Waals surface area contributed by atoms with Crippen molar-refractivity contribution in [2.75, 3.05) is 34.3 Å². The molecule has 0 aliphatic heterocycles. The van der Waals surface area contributed by atoms with Crippen LogP contribution >= 0.6 is 11.3 Å². The first-order chi connectivity index (χ1) is 10.5. The van der Waals surface area contributed by atoms with E-state index < -0.39 is 0 Å². The van der Waals surface area contributed by atoms with Crippen molar-refractivity contribution in [3.63, 3.8) is 0 Å². The molecule has 0 unspecified atom stereocenters. The van der Waals surface area contributed by atoms with Crippen molar-refractivity contribution in [1.29, 1.82) is 0 Å². The maximum absolute atomic E-state index is 12.1. The summed E-state index contributed by atoms with van der Waals surface area (Å²) < 4.78 is 5.11. The van der Waals surface area contributed by atoms with Crippen LogP contribution in [-0.2, 0) is 0 Å². The van der Waals surface area contributed by atoms with E-state index in [1.54, 1.807) is 18.2 Å². The van der Waals surface area contributed by atoms with E-state index in [0.29, 0.717) is 17.2 Å². The fourth-order valence-corrected chi connectivity index (χ4v) is 2.84. The molecule has 0 saturated carbocycles. The highest BCUT2D eigenvalue weighted by Crippen LogP contribution is 2.34. The molecule has 0 atom stereocenters. The molecule has 0 spiro atoms. The van der Waals surface area contributed by atoms with Crippen LogP contribution in [0.5, 0.6) is 11.5 Å². The van der Waals surface area contributed by atoms with Crippen LogP contribution in [0.25, 0.3) is 10.4 Å². The lowest BCUT2D eigenvalue weighted by atomic mass is 10.1. The summed E-state index contributed by atoms with van der Waals surface area (Å²) in [5, 5.41) is 12.5. The first-order valence-electron chi connectivity index (χ1n) is 6.91. The third-order valence-corrected chi connectivity index (χ3v) is 4.27. The Bertz CT molecular complexity index is 653. The number of phenols is 1. The topological polar surface area (TPSA) is 61.8 Å². The molecule has 5 nitrogen and oxygen atoms in total. The number of methoxy groups -OCH3 is 1. The van der Waals surface area contributed by atoms with Gasteiger partial charge in [0.25, 0.3) is 5.91 Å². The van der Waals surface area contributed by atoms with Crippen LogP contribution in [-0.4, -0.2) is 50.2 Å². The molecule has 1 aromatic heterocycles. The summed E-state index contributed by atoms with van der Waals surface area (Å²) in [6.07, 6.45) is 0. The van der Waals surface area contributed by atoms with Gasteiger partial charge in [-0.25, -0.2) is 0 Å². The minimum atomic E-state index is -0.0659. The lowest BCUT2D eigenvalue weighted by molar-refractivity contribution is 0.0955. The highest BCUT2D eigenvalue weighted by molar-refractivity contribution is 7.17. The second-order valence-electron chi connectivity index (χ2n) is 5.11. The van der Waals surface area contributed by atoms with Gasteiger partial charge in [-0.05, 0) is 50.0 Å². The van der Waals surface area contributed by atoms with E-state index in [1.807, 2.05) is 31.1 Å². The third-order valence-electron chi connectivity index (χ3n) is 3.14. The number of nitrogens with zero attached hydrogens (tertiary/aromatic N) is 1. The number of likely N-dealkylation sites (N-methyl/N-ethyl adjacent to an activating group) is 1. The van der Waals surface area contributed by atoms with Crippen LogP contribution in [0.4, 0.5) is 0 Å². The van der Waals surface area contributed by atoms with E-state index in [2.05, 4.69) is 5.32 Å². The van der Waals surface area contributed by atoms with E-state index >= 15 is 0 Å². The van der Waals surface area contributed by atoms with E-state index in [9.17, 15) is 9.90 Å². The van der Waals surface area contributed by atoms with E-state index in [1.165, 1.54) is 18.4 Å². The van der Waals surface area contributed by atoms with Crippen LogP contribution in [0.15, 0.2) is 30.3 Å². The number of ether oxygens (including phenoxy) is 1. The first-order valence-corrected chi connectivity index (χ1v) is 7.73. The number of carbonyl (C=O) groups excluding carboxylic acids is 1. The van der Waals surface area contributed by atoms with Crippen molar-refractivity contribution in [3.05, 3.63) is 35.2 Å². The molecular formula is C16H20N2O3S. The number of carbonyl (C=O) groups is 1. The molecule has 1 aromatic carbocycles. The number of amides is 1. The molecule has 1 heterocycles. The zero-order chi connectivity index (χ0) is 16.1. The molecule has 0 saturated heterocycles. The summed E-state index contributed by atoms with van der Waals surface area (Å²) in [5.74, 6) is 0.455. The Balaban J connectivity index is 2.09. The number of phenolic OH excluding ortho intramolecular Hbond substituents is 1. The Kier molecular flexibility index (Phi) is 5.41. The molecule has 0 fully saturated rings. The second-order valence-corrected chi connectivity index (χ2v) is 6.19. The highest BCUT2D eigenvalue weighted by Gasteiger charge is 2.11. The maximum Gasteiger partial charge on any atom is 0.261 e. The number of thiophene rings is 1. The van der Waals surface area contributed by atoms with E-state index in [0.717, 1.165) is 17.0 Å². The van der Waals surface area contributed by atoms with Gasteiger partial charge in [0.2, 0.25) is 0 Å². The lowest BCUT2D eigenvalue weighted by Gasteiger charge is -2.09. The van der Waals surface area contributed by atoms with Gasteiger partial charge < -0.3 is 20.1 Å². The van der Waals surface area contributed by atoms with Crippen molar-refractivity contribution >= 4 is 17.2 Å². The minimum Gasteiger partial charge on any atom is -0.504 e. The summed E-state index contributed by atoms with van der Waals surface area (Å²) >= 11 is 1.42. The molecule has 0 aliphatic carbocycles. The van der Waals surface area contributed by atoms with Gasteiger partial charge in [-0.3, -0.25) is 4.79 Å². The number of hydrogen-bond donors (Lipinski definition) is 2. The smallest absolute Gasteiger partial charge is 0.261 e. The van der Waals surface area contributed by atoms with Gasteiger partial charge in [0.1, 0.15) is 0 Å².